The summed E-state index contributed by atoms with van der Waals surface area (Å²) < 4.78 is 52.2. The molecule has 5 atom stereocenters. The van der Waals surface area contributed by atoms with Gasteiger partial charge in [-0.1, -0.05) is 0 Å². The van der Waals surface area contributed by atoms with Crippen molar-refractivity contribution in [3.05, 3.63) is 29.3 Å². The molecule has 0 aliphatic carbocycles. The van der Waals surface area contributed by atoms with E-state index in [-0.39, 0.29) is 11.8 Å². The van der Waals surface area contributed by atoms with Crippen LogP contribution < -0.4 is 4.90 Å². The summed E-state index contributed by atoms with van der Waals surface area (Å²) in [5.74, 6) is -2.84. The molecule has 1 aromatic carbocycles. The minimum Gasteiger partial charge on any atom is -0.372 e. The molecule has 0 saturated carbocycles. The number of imide groups is 1. The van der Waals surface area contributed by atoms with Crippen LogP contribution in [-0.2, 0) is 25.2 Å². The highest BCUT2D eigenvalue weighted by Crippen LogP contribution is 2.62. The quantitative estimate of drug-likeness (QED) is 0.698. The first kappa shape index (κ1) is 20.8. The molecule has 3 aliphatic rings. The predicted molar refractivity (Wildman–Crippen MR) is 98.2 cm³/mol. The number of fused-ring (bicyclic) bond motifs is 5. The lowest BCUT2D eigenvalue weighted by Gasteiger charge is -2.36. The zero-order valence-corrected chi connectivity index (χ0v) is 16.9. The molecule has 1 aromatic rings. The maximum absolute atomic E-state index is 13.4. The second-order valence-corrected chi connectivity index (χ2v) is 8.78. The van der Waals surface area contributed by atoms with Crippen molar-refractivity contribution in [3.63, 3.8) is 0 Å². The Morgan fingerprint density at radius 1 is 1.23 bits per heavy atom. The van der Waals surface area contributed by atoms with Gasteiger partial charge in [-0.25, -0.2) is 4.90 Å². The van der Waals surface area contributed by atoms with E-state index in [0.29, 0.717) is 12.5 Å². The molecule has 2 unspecified atom stereocenters. The lowest BCUT2D eigenvalue weighted by molar-refractivity contribution is -0.140. The maximum Gasteiger partial charge on any atom is 0.417 e. The number of anilines is 1. The fourth-order valence-electron chi connectivity index (χ4n) is 5.27. The number of nitriles is 1. The molecule has 0 radical (unpaired) electrons. The zero-order chi connectivity index (χ0) is 22.2. The van der Waals surface area contributed by atoms with E-state index in [0.717, 1.165) is 11.0 Å². The monoisotopic (exact) mass is 422 g/mol. The van der Waals surface area contributed by atoms with E-state index in [9.17, 15) is 22.8 Å². The van der Waals surface area contributed by atoms with E-state index in [2.05, 4.69) is 0 Å². The zero-order valence-electron chi connectivity index (χ0n) is 16.9. The average molecular weight is 422 g/mol. The van der Waals surface area contributed by atoms with Gasteiger partial charge in [0.25, 0.3) is 0 Å². The van der Waals surface area contributed by atoms with Gasteiger partial charge in [0.2, 0.25) is 11.8 Å². The molecule has 3 fully saturated rings. The second kappa shape index (κ2) is 6.28. The van der Waals surface area contributed by atoms with Crippen molar-refractivity contribution in [1.82, 2.24) is 0 Å². The second-order valence-electron chi connectivity index (χ2n) is 8.78. The van der Waals surface area contributed by atoms with Gasteiger partial charge in [-0.3, -0.25) is 9.59 Å². The maximum atomic E-state index is 13.4. The standard InChI is InChI=1S/C21H21F3N2O4/c1-10(2)29-14-8-19(3)15-16(20(14,4)30-19)18(28)26(17(15)27)12-6-5-11(9-25)13(7-12)21(22,23)24/h5-7,10,14-16H,8H2,1-4H3/t14-,15-,16+,19?,20?/m0/s1. The Balaban J connectivity index is 1.76. The molecule has 160 valence electrons. The van der Waals surface area contributed by atoms with E-state index in [4.69, 9.17) is 14.7 Å². The van der Waals surface area contributed by atoms with Crippen LogP contribution >= 0.6 is 0 Å². The Bertz CT molecular complexity index is 985. The smallest absolute Gasteiger partial charge is 0.372 e. The Morgan fingerprint density at radius 2 is 1.87 bits per heavy atom. The summed E-state index contributed by atoms with van der Waals surface area (Å²) in [6, 6.07) is 4.36. The third kappa shape index (κ3) is 2.70. The molecular formula is C21H21F3N2O4. The van der Waals surface area contributed by atoms with Crippen molar-refractivity contribution >= 4 is 17.5 Å². The summed E-state index contributed by atoms with van der Waals surface area (Å²) in [6.45, 7) is 7.19. The fourth-order valence-corrected chi connectivity index (χ4v) is 5.27. The number of amides is 2. The molecule has 4 rings (SSSR count). The van der Waals surface area contributed by atoms with Crippen molar-refractivity contribution in [2.75, 3.05) is 4.90 Å². The number of benzene rings is 1. The number of carbonyl (C=O) groups excluding carboxylic acids is 2. The van der Waals surface area contributed by atoms with Crippen LogP contribution in [0.25, 0.3) is 0 Å². The average Bonchev–Trinajstić information content (AvgIpc) is 3.14. The molecule has 3 heterocycles. The van der Waals surface area contributed by atoms with E-state index in [1.165, 1.54) is 12.1 Å². The van der Waals surface area contributed by atoms with Crippen LogP contribution in [0, 0.1) is 23.2 Å². The van der Waals surface area contributed by atoms with Crippen LogP contribution in [0.3, 0.4) is 0 Å². The first-order valence-electron chi connectivity index (χ1n) is 9.68. The van der Waals surface area contributed by atoms with Gasteiger partial charge in [0.1, 0.15) is 5.60 Å². The molecule has 6 nitrogen and oxygen atoms in total. The number of rotatable bonds is 3. The normalized spacial score (nSPS) is 35.3. The van der Waals surface area contributed by atoms with E-state index >= 15 is 0 Å². The Morgan fingerprint density at radius 3 is 2.43 bits per heavy atom. The van der Waals surface area contributed by atoms with Gasteiger partial charge in [-0.05, 0) is 45.9 Å². The molecule has 0 aromatic heterocycles. The van der Waals surface area contributed by atoms with Gasteiger partial charge < -0.3 is 9.47 Å². The lowest BCUT2D eigenvalue weighted by Crippen LogP contribution is -2.50. The number of ether oxygens (including phenoxy) is 2. The van der Waals surface area contributed by atoms with Crippen LogP contribution in [0.4, 0.5) is 18.9 Å². The van der Waals surface area contributed by atoms with Crippen LogP contribution in [0.15, 0.2) is 18.2 Å². The minimum absolute atomic E-state index is 0.118. The van der Waals surface area contributed by atoms with Crippen molar-refractivity contribution < 1.29 is 32.2 Å². The summed E-state index contributed by atoms with van der Waals surface area (Å²) in [6.07, 6.45) is -4.91. The summed E-state index contributed by atoms with van der Waals surface area (Å²) in [4.78, 5) is 27.3. The van der Waals surface area contributed by atoms with Crippen LogP contribution in [0.1, 0.15) is 45.2 Å². The number of nitrogens with zero attached hydrogens (tertiary/aromatic N) is 2. The van der Waals surface area contributed by atoms with E-state index < -0.39 is 58.3 Å². The van der Waals surface area contributed by atoms with Crippen molar-refractivity contribution in [1.29, 1.82) is 5.26 Å². The molecule has 0 N–H and O–H groups in total. The van der Waals surface area contributed by atoms with E-state index in [1.54, 1.807) is 13.8 Å². The largest absolute Gasteiger partial charge is 0.417 e. The van der Waals surface area contributed by atoms with Crippen molar-refractivity contribution in [3.8, 4) is 6.07 Å². The van der Waals surface area contributed by atoms with Crippen LogP contribution in [0.2, 0.25) is 0 Å². The van der Waals surface area contributed by atoms with Gasteiger partial charge in [0.15, 0.2) is 0 Å². The third-order valence-corrected chi connectivity index (χ3v) is 6.39. The topological polar surface area (TPSA) is 79.6 Å². The van der Waals surface area contributed by atoms with Crippen molar-refractivity contribution in [2.45, 2.75) is 63.7 Å². The first-order chi connectivity index (χ1) is 13.8. The number of hydrogen-bond donors (Lipinski definition) is 0. The summed E-state index contributed by atoms with van der Waals surface area (Å²) in [5.41, 5.74) is -3.94. The highest BCUT2D eigenvalue weighted by molar-refractivity contribution is 6.23. The third-order valence-electron chi connectivity index (χ3n) is 6.39. The highest BCUT2D eigenvalue weighted by Gasteiger charge is 2.76. The van der Waals surface area contributed by atoms with Crippen molar-refractivity contribution in [2.24, 2.45) is 11.8 Å². The van der Waals surface area contributed by atoms with Crippen LogP contribution in [0.5, 0.6) is 0 Å². The molecule has 9 heteroatoms. The molecule has 3 saturated heterocycles. The summed E-state index contributed by atoms with van der Waals surface area (Å²) in [7, 11) is 0. The van der Waals surface area contributed by atoms with E-state index in [1.807, 2.05) is 13.8 Å². The highest BCUT2D eigenvalue weighted by atomic mass is 19.4. The molecular weight excluding hydrogens is 401 g/mol. The van der Waals surface area contributed by atoms with Gasteiger partial charge >= 0.3 is 6.18 Å². The van der Waals surface area contributed by atoms with Crippen LogP contribution in [-0.4, -0.2) is 35.2 Å². The number of halogens is 3. The lowest BCUT2D eigenvalue weighted by atomic mass is 9.67. The molecule has 2 amide bonds. The molecule has 3 aliphatic heterocycles. The summed E-state index contributed by atoms with van der Waals surface area (Å²) >= 11 is 0. The Hall–Kier alpha value is -2.44. The van der Waals surface area contributed by atoms with Gasteiger partial charge in [-0.15, -0.1) is 0 Å². The SMILES string of the molecule is CC(C)O[C@H]1CC2(C)OC1(C)[C@H]1C(=O)N(c3ccc(C#N)c(C(F)(F)F)c3)C(=O)[C@H]12. The summed E-state index contributed by atoms with van der Waals surface area (Å²) in [5, 5.41) is 8.99. The van der Waals surface area contributed by atoms with Gasteiger partial charge in [-0.2, -0.15) is 18.4 Å². The number of alkyl halides is 3. The van der Waals surface area contributed by atoms with Gasteiger partial charge in [0.05, 0.1) is 52.5 Å². The predicted octanol–water partition coefficient (Wildman–Crippen LogP) is 3.43. The number of hydrogen-bond acceptors (Lipinski definition) is 5. The molecule has 2 bridgehead atoms. The van der Waals surface area contributed by atoms with Gasteiger partial charge in [0, 0.05) is 6.42 Å². The fraction of sp³-hybridized carbons (Fsp3) is 0.571. The molecule has 0 spiro atoms. The Kier molecular flexibility index (Phi) is 4.36. The Labute approximate surface area is 171 Å². The first-order valence-corrected chi connectivity index (χ1v) is 9.68. The minimum atomic E-state index is -4.79. The molecule has 30 heavy (non-hydrogen) atoms. The number of carbonyl (C=O) groups is 2.